The molecule has 4 nitrogen and oxygen atoms in total. The summed E-state index contributed by atoms with van der Waals surface area (Å²) in [5.74, 6) is -0.205. The molecule has 1 amide bonds. The quantitative estimate of drug-likeness (QED) is 0.835. The van der Waals surface area contributed by atoms with Gasteiger partial charge in [-0.2, -0.15) is 0 Å². The van der Waals surface area contributed by atoms with Crippen LogP contribution in [0, 0.1) is 5.82 Å². The molecule has 0 aliphatic carbocycles. The van der Waals surface area contributed by atoms with Gasteiger partial charge in [-0.15, -0.1) is 0 Å². The molecule has 110 valence electrons. The highest BCUT2D eigenvalue weighted by Gasteiger charge is 2.27. The fourth-order valence-corrected chi connectivity index (χ4v) is 2.46. The van der Waals surface area contributed by atoms with E-state index < -0.39 is 0 Å². The SMILES string of the molecule is CCOCCC(=O)N1CCNCC1c1cccc(F)c1. The molecular formula is C15H21FN2O2. The van der Waals surface area contributed by atoms with Gasteiger partial charge in [0.15, 0.2) is 0 Å². The summed E-state index contributed by atoms with van der Waals surface area (Å²) in [5.41, 5.74) is 0.835. The number of nitrogens with zero attached hydrogens (tertiary/aromatic N) is 1. The Balaban J connectivity index is 2.07. The largest absolute Gasteiger partial charge is 0.381 e. The second-order valence-corrected chi connectivity index (χ2v) is 4.81. The standard InChI is InChI=1S/C15H21FN2O2/c1-2-20-9-6-15(19)18-8-7-17-11-14(18)12-4-3-5-13(16)10-12/h3-5,10,14,17H,2,6-9,11H2,1H3. The number of hydrogen-bond donors (Lipinski definition) is 1. The molecule has 0 saturated carbocycles. The Labute approximate surface area is 118 Å². The molecule has 1 fully saturated rings. The van der Waals surface area contributed by atoms with E-state index in [0.29, 0.717) is 32.7 Å². The van der Waals surface area contributed by atoms with Gasteiger partial charge in [-0.25, -0.2) is 4.39 Å². The molecule has 0 spiro atoms. The van der Waals surface area contributed by atoms with Crippen molar-refractivity contribution < 1.29 is 13.9 Å². The van der Waals surface area contributed by atoms with E-state index in [1.165, 1.54) is 12.1 Å². The monoisotopic (exact) mass is 280 g/mol. The van der Waals surface area contributed by atoms with Gasteiger partial charge in [-0.3, -0.25) is 4.79 Å². The minimum absolute atomic E-state index is 0.0641. The summed E-state index contributed by atoms with van der Waals surface area (Å²) in [5, 5.41) is 3.26. The third-order valence-corrected chi connectivity index (χ3v) is 3.46. The summed E-state index contributed by atoms with van der Waals surface area (Å²) in [6.45, 7) is 5.03. The Morgan fingerprint density at radius 2 is 2.40 bits per heavy atom. The molecule has 1 aliphatic rings. The van der Waals surface area contributed by atoms with Gasteiger partial charge in [0.25, 0.3) is 0 Å². The number of piperazine rings is 1. The molecule has 2 rings (SSSR count). The van der Waals surface area contributed by atoms with Crippen molar-refractivity contribution in [2.75, 3.05) is 32.8 Å². The van der Waals surface area contributed by atoms with E-state index in [4.69, 9.17) is 4.74 Å². The molecule has 1 aromatic rings. The van der Waals surface area contributed by atoms with E-state index in [2.05, 4.69) is 5.32 Å². The Hall–Kier alpha value is -1.46. The maximum absolute atomic E-state index is 13.4. The molecule has 5 heteroatoms. The first-order valence-corrected chi connectivity index (χ1v) is 7.05. The molecule has 1 atom stereocenters. The molecular weight excluding hydrogens is 259 g/mol. The van der Waals surface area contributed by atoms with E-state index >= 15 is 0 Å². The van der Waals surface area contributed by atoms with Crippen molar-refractivity contribution in [2.45, 2.75) is 19.4 Å². The smallest absolute Gasteiger partial charge is 0.225 e. The number of nitrogens with one attached hydrogen (secondary N) is 1. The topological polar surface area (TPSA) is 41.6 Å². The number of rotatable bonds is 5. The summed E-state index contributed by atoms with van der Waals surface area (Å²) in [7, 11) is 0. The molecule has 0 aromatic heterocycles. The van der Waals surface area contributed by atoms with Crippen LogP contribution in [0.15, 0.2) is 24.3 Å². The minimum Gasteiger partial charge on any atom is -0.381 e. The van der Waals surface area contributed by atoms with Crippen LogP contribution in [0.5, 0.6) is 0 Å². The Bertz CT molecular complexity index is 453. The van der Waals surface area contributed by atoms with Crippen LogP contribution in [0.3, 0.4) is 0 Å². The Morgan fingerprint density at radius 3 is 3.15 bits per heavy atom. The average molecular weight is 280 g/mol. The fourth-order valence-electron chi connectivity index (χ4n) is 2.46. The van der Waals surface area contributed by atoms with E-state index in [-0.39, 0.29) is 17.8 Å². The number of benzene rings is 1. The lowest BCUT2D eigenvalue weighted by atomic mass is 10.0. The predicted octanol–water partition coefficient (Wildman–Crippen LogP) is 1.73. The number of carbonyl (C=O) groups excluding carboxylic acids is 1. The van der Waals surface area contributed by atoms with Crippen LogP contribution in [0.2, 0.25) is 0 Å². The van der Waals surface area contributed by atoms with Gasteiger partial charge in [-0.05, 0) is 24.6 Å². The first-order valence-electron chi connectivity index (χ1n) is 7.05. The zero-order valence-corrected chi connectivity index (χ0v) is 11.8. The number of amides is 1. The van der Waals surface area contributed by atoms with Crippen molar-refractivity contribution in [1.29, 1.82) is 0 Å². The van der Waals surface area contributed by atoms with E-state index in [9.17, 15) is 9.18 Å². The fraction of sp³-hybridized carbons (Fsp3) is 0.533. The molecule has 1 unspecified atom stereocenters. The Morgan fingerprint density at radius 1 is 1.55 bits per heavy atom. The van der Waals surface area contributed by atoms with Crippen molar-refractivity contribution in [1.82, 2.24) is 10.2 Å². The third kappa shape index (κ3) is 3.77. The summed E-state index contributed by atoms with van der Waals surface area (Å²) in [6.07, 6.45) is 0.375. The van der Waals surface area contributed by atoms with Gasteiger partial charge < -0.3 is 15.0 Å². The first-order chi connectivity index (χ1) is 9.72. The molecule has 0 radical (unpaired) electrons. The van der Waals surface area contributed by atoms with Crippen LogP contribution in [0.4, 0.5) is 4.39 Å². The third-order valence-electron chi connectivity index (χ3n) is 3.46. The van der Waals surface area contributed by atoms with Crippen molar-refractivity contribution in [3.63, 3.8) is 0 Å². The van der Waals surface area contributed by atoms with Crippen LogP contribution in [-0.4, -0.2) is 43.7 Å². The van der Waals surface area contributed by atoms with Crippen molar-refractivity contribution in [3.8, 4) is 0 Å². The highest BCUT2D eigenvalue weighted by Crippen LogP contribution is 2.23. The van der Waals surface area contributed by atoms with Gasteiger partial charge in [0, 0.05) is 26.2 Å². The maximum Gasteiger partial charge on any atom is 0.225 e. The second-order valence-electron chi connectivity index (χ2n) is 4.81. The Kier molecular flexibility index (Phi) is 5.49. The van der Waals surface area contributed by atoms with Crippen LogP contribution >= 0.6 is 0 Å². The lowest BCUT2D eigenvalue weighted by molar-refractivity contribution is -0.135. The highest BCUT2D eigenvalue weighted by atomic mass is 19.1. The molecule has 1 N–H and O–H groups in total. The van der Waals surface area contributed by atoms with Crippen LogP contribution in [0.1, 0.15) is 24.9 Å². The van der Waals surface area contributed by atoms with Gasteiger partial charge in [0.2, 0.25) is 5.91 Å². The van der Waals surface area contributed by atoms with E-state index in [1.54, 1.807) is 6.07 Å². The number of halogens is 1. The first kappa shape index (κ1) is 14.9. The van der Waals surface area contributed by atoms with Crippen molar-refractivity contribution in [3.05, 3.63) is 35.6 Å². The molecule has 1 saturated heterocycles. The number of ether oxygens (including phenoxy) is 1. The highest BCUT2D eigenvalue weighted by molar-refractivity contribution is 5.77. The van der Waals surface area contributed by atoms with Gasteiger partial charge in [0.05, 0.1) is 19.1 Å². The average Bonchev–Trinajstić information content (AvgIpc) is 2.47. The summed E-state index contributed by atoms with van der Waals surface area (Å²) >= 11 is 0. The zero-order chi connectivity index (χ0) is 14.4. The van der Waals surface area contributed by atoms with Gasteiger partial charge in [0.1, 0.15) is 5.82 Å². The predicted molar refractivity (Wildman–Crippen MR) is 74.8 cm³/mol. The van der Waals surface area contributed by atoms with Gasteiger partial charge in [-0.1, -0.05) is 12.1 Å². The lowest BCUT2D eigenvalue weighted by Crippen LogP contribution is -2.48. The minimum atomic E-state index is -0.269. The zero-order valence-electron chi connectivity index (χ0n) is 11.8. The summed E-state index contributed by atoms with van der Waals surface area (Å²) < 4.78 is 18.6. The molecule has 20 heavy (non-hydrogen) atoms. The second kappa shape index (κ2) is 7.36. The number of hydrogen-bond acceptors (Lipinski definition) is 3. The van der Waals surface area contributed by atoms with E-state index in [1.807, 2.05) is 17.9 Å². The van der Waals surface area contributed by atoms with Crippen molar-refractivity contribution in [2.24, 2.45) is 0 Å². The summed E-state index contributed by atoms with van der Waals surface area (Å²) in [4.78, 5) is 14.1. The normalized spacial score (nSPS) is 19.1. The van der Waals surface area contributed by atoms with Crippen LogP contribution < -0.4 is 5.32 Å². The van der Waals surface area contributed by atoms with Crippen LogP contribution in [0.25, 0.3) is 0 Å². The maximum atomic E-state index is 13.4. The molecule has 1 heterocycles. The van der Waals surface area contributed by atoms with E-state index in [0.717, 1.165) is 12.1 Å². The number of carbonyl (C=O) groups is 1. The molecule has 1 aliphatic heterocycles. The van der Waals surface area contributed by atoms with Gasteiger partial charge >= 0.3 is 0 Å². The van der Waals surface area contributed by atoms with Crippen LogP contribution in [-0.2, 0) is 9.53 Å². The summed E-state index contributed by atoms with van der Waals surface area (Å²) in [6, 6.07) is 6.36. The van der Waals surface area contributed by atoms with Crippen molar-refractivity contribution >= 4 is 5.91 Å². The molecule has 0 bridgehead atoms. The molecule has 1 aromatic carbocycles. The lowest BCUT2D eigenvalue weighted by Gasteiger charge is -2.36.